The Kier molecular flexibility index (Phi) is 2.64. The molecule has 0 fully saturated rings. The Morgan fingerprint density at radius 3 is 2.81 bits per heavy atom. The van der Waals surface area contributed by atoms with Crippen molar-refractivity contribution in [3.05, 3.63) is 54.9 Å². The van der Waals surface area contributed by atoms with Gasteiger partial charge in [0.2, 0.25) is 0 Å². The fourth-order valence-electron chi connectivity index (χ4n) is 2.16. The van der Waals surface area contributed by atoms with Crippen molar-refractivity contribution in [2.24, 2.45) is 0 Å². The topological polar surface area (TPSA) is 79.6 Å². The highest BCUT2D eigenvalue weighted by Gasteiger charge is 2.13. The number of fused-ring (bicyclic) bond motifs is 1. The molecule has 1 aromatic carbocycles. The number of hydrogen-bond donors (Lipinski definition) is 2. The highest BCUT2D eigenvalue weighted by atomic mass is 16.4. The first-order valence-electron chi connectivity index (χ1n) is 6.48. The number of pyridine rings is 1. The first kappa shape index (κ1) is 11.7. The molecule has 3 heterocycles. The summed E-state index contributed by atoms with van der Waals surface area (Å²) in [5.41, 5.74) is 2.53. The molecule has 4 rings (SSSR count). The number of rotatable bonds is 3. The third kappa shape index (κ3) is 2.12. The molecule has 0 saturated heterocycles. The van der Waals surface area contributed by atoms with Gasteiger partial charge in [-0.15, -0.1) is 5.10 Å². The summed E-state index contributed by atoms with van der Waals surface area (Å²) in [6, 6.07) is 13.9. The smallest absolute Gasteiger partial charge is 0.320 e. The van der Waals surface area contributed by atoms with Crippen LogP contribution in [0.2, 0.25) is 0 Å². The quantitative estimate of drug-likeness (QED) is 0.600. The highest BCUT2D eigenvalue weighted by molar-refractivity contribution is 5.90. The average Bonchev–Trinajstić information content (AvgIpc) is 3.14. The molecule has 0 saturated carbocycles. The molecule has 0 aliphatic heterocycles. The maximum Gasteiger partial charge on any atom is 0.320 e. The molecule has 4 aromatic rings. The van der Waals surface area contributed by atoms with E-state index in [1.54, 1.807) is 6.20 Å². The minimum Gasteiger partial charge on any atom is -0.403 e. The lowest BCUT2D eigenvalue weighted by Gasteiger charge is -1.98. The number of aromatic nitrogens is 4. The van der Waals surface area contributed by atoms with E-state index in [1.807, 2.05) is 48.7 Å². The Morgan fingerprint density at radius 1 is 1.00 bits per heavy atom. The number of para-hydroxylation sites is 1. The maximum atomic E-state index is 5.66. The van der Waals surface area contributed by atoms with Gasteiger partial charge < -0.3 is 14.7 Å². The fourth-order valence-corrected chi connectivity index (χ4v) is 2.16. The van der Waals surface area contributed by atoms with Gasteiger partial charge in [0.1, 0.15) is 5.65 Å². The van der Waals surface area contributed by atoms with Gasteiger partial charge in [0.05, 0.1) is 5.56 Å². The predicted octanol–water partition coefficient (Wildman–Crippen LogP) is 3.36. The largest absolute Gasteiger partial charge is 0.403 e. The van der Waals surface area contributed by atoms with Crippen molar-refractivity contribution < 1.29 is 4.42 Å². The van der Waals surface area contributed by atoms with Gasteiger partial charge in [-0.2, -0.15) is 0 Å². The Morgan fingerprint density at radius 2 is 1.90 bits per heavy atom. The van der Waals surface area contributed by atoms with Crippen LogP contribution < -0.4 is 5.32 Å². The number of benzene rings is 1. The zero-order chi connectivity index (χ0) is 14.1. The van der Waals surface area contributed by atoms with Crippen LogP contribution in [0.3, 0.4) is 0 Å². The Bertz CT molecular complexity index is 881. The number of hydrogen-bond acceptors (Lipinski definition) is 5. The number of nitrogens with one attached hydrogen (secondary N) is 2. The second-order valence-electron chi connectivity index (χ2n) is 4.51. The molecule has 102 valence electrons. The van der Waals surface area contributed by atoms with Crippen molar-refractivity contribution in [3.8, 4) is 11.5 Å². The third-order valence-electron chi connectivity index (χ3n) is 3.13. The van der Waals surface area contributed by atoms with E-state index in [-0.39, 0.29) is 0 Å². The first-order valence-corrected chi connectivity index (χ1v) is 6.48. The molecule has 0 radical (unpaired) electrons. The third-order valence-corrected chi connectivity index (χ3v) is 3.13. The van der Waals surface area contributed by atoms with Gasteiger partial charge >= 0.3 is 6.01 Å². The van der Waals surface area contributed by atoms with Gasteiger partial charge in [0.15, 0.2) is 0 Å². The monoisotopic (exact) mass is 277 g/mol. The summed E-state index contributed by atoms with van der Waals surface area (Å²) in [5, 5.41) is 12.1. The summed E-state index contributed by atoms with van der Waals surface area (Å²) < 4.78 is 5.66. The van der Waals surface area contributed by atoms with Crippen LogP contribution in [0, 0.1) is 0 Å². The van der Waals surface area contributed by atoms with Gasteiger partial charge in [-0.1, -0.05) is 23.3 Å². The lowest BCUT2D eigenvalue weighted by molar-refractivity contribution is 0.588. The molecule has 3 aromatic heterocycles. The molecule has 0 unspecified atom stereocenters. The molecule has 21 heavy (non-hydrogen) atoms. The Hall–Kier alpha value is -3.15. The zero-order valence-corrected chi connectivity index (χ0v) is 10.9. The second kappa shape index (κ2) is 4.75. The fraction of sp³-hybridized carbons (Fsp3) is 0. The van der Waals surface area contributed by atoms with E-state index < -0.39 is 0 Å². The number of aromatic amines is 1. The summed E-state index contributed by atoms with van der Waals surface area (Å²) in [7, 11) is 0. The van der Waals surface area contributed by atoms with Gasteiger partial charge in [0.25, 0.3) is 5.89 Å². The average molecular weight is 277 g/mol. The van der Waals surface area contributed by atoms with Gasteiger partial charge in [-0.3, -0.25) is 0 Å². The van der Waals surface area contributed by atoms with Crippen LogP contribution in [-0.2, 0) is 0 Å². The van der Waals surface area contributed by atoms with Crippen LogP contribution in [0.4, 0.5) is 11.7 Å². The normalized spacial score (nSPS) is 10.9. The van der Waals surface area contributed by atoms with Crippen molar-refractivity contribution in [2.75, 3.05) is 5.32 Å². The molecule has 0 amide bonds. The lowest BCUT2D eigenvalue weighted by atomic mass is 10.2. The summed E-state index contributed by atoms with van der Waals surface area (Å²) in [6.45, 7) is 0. The molecule has 6 heteroatoms. The van der Waals surface area contributed by atoms with E-state index in [2.05, 4.69) is 25.5 Å². The van der Waals surface area contributed by atoms with Crippen LogP contribution in [0.25, 0.3) is 22.5 Å². The predicted molar refractivity (Wildman–Crippen MR) is 79.1 cm³/mol. The van der Waals surface area contributed by atoms with E-state index in [9.17, 15) is 0 Å². The molecular weight excluding hydrogens is 266 g/mol. The van der Waals surface area contributed by atoms with Crippen molar-refractivity contribution in [3.63, 3.8) is 0 Å². The molecule has 0 atom stereocenters. The van der Waals surface area contributed by atoms with Gasteiger partial charge in [-0.25, -0.2) is 4.98 Å². The number of anilines is 2. The van der Waals surface area contributed by atoms with Crippen molar-refractivity contribution in [2.45, 2.75) is 0 Å². The van der Waals surface area contributed by atoms with Gasteiger partial charge in [-0.05, 0) is 24.3 Å². The molecular formula is C15H11N5O. The molecule has 0 aliphatic rings. The van der Waals surface area contributed by atoms with E-state index in [0.717, 1.165) is 22.3 Å². The number of H-pyrrole nitrogens is 1. The second-order valence-corrected chi connectivity index (χ2v) is 4.51. The summed E-state index contributed by atoms with van der Waals surface area (Å²) in [5.74, 6) is 0.452. The lowest BCUT2D eigenvalue weighted by Crippen LogP contribution is -1.88. The Labute approximate surface area is 119 Å². The molecule has 6 nitrogen and oxygen atoms in total. The maximum absolute atomic E-state index is 5.66. The minimum absolute atomic E-state index is 0.356. The number of nitrogens with zero attached hydrogens (tertiary/aromatic N) is 3. The zero-order valence-electron chi connectivity index (χ0n) is 10.9. The summed E-state index contributed by atoms with van der Waals surface area (Å²) in [4.78, 5) is 7.33. The van der Waals surface area contributed by atoms with Crippen LogP contribution in [0.15, 0.2) is 59.3 Å². The van der Waals surface area contributed by atoms with Crippen LogP contribution in [0.1, 0.15) is 0 Å². The molecule has 0 bridgehead atoms. The first-order chi connectivity index (χ1) is 10.4. The van der Waals surface area contributed by atoms with E-state index >= 15 is 0 Å². The van der Waals surface area contributed by atoms with Crippen molar-refractivity contribution in [1.29, 1.82) is 0 Å². The van der Waals surface area contributed by atoms with E-state index in [4.69, 9.17) is 4.42 Å². The van der Waals surface area contributed by atoms with Gasteiger partial charge in [0, 0.05) is 23.5 Å². The summed E-state index contributed by atoms with van der Waals surface area (Å²) in [6.07, 6.45) is 3.55. The van der Waals surface area contributed by atoms with E-state index in [1.165, 1.54) is 0 Å². The minimum atomic E-state index is 0.356. The standard InChI is InChI=1S/C15H11N5O/c1-2-5-10(6-3-1)18-15-20-19-14(21-15)12-9-17-13-11(12)7-4-8-16-13/h1-9H,(H,16,17)(H,18,20). The van der Waals surface area contributed by atoms with Crippen LogP contribution >= 0.6 is 0 Å². The highest BCUT2D eigenvalue weighted by Crippen LogP contribution is 2.28. The molecule has 0 spiro atoms. The summed E-state index contributed by atoms with van der Waals surface area (Å²) >= 11 is 0. The van der Waals surface area contributed by atoms with E-state index in [0.29, 0.717) is 11.9 Å². The molecule has 0 aliphatic carbocycles. The van der Waals surface area contributed by atoms with Crippen molar-refractivity contribution in [1.82, 2.24) is 20.2 Å². The SMILES string of the molecule is c1ccc(Nc2nnc(-c3c[nH]c4ncccc34)o2)cc1. The van der Waals surface area contributed by atoms with Crippen LogP contribution in [0.5, 0.6) is 0 Å². The Balaban J connectivity index is 1.68. The van der Waals surface area contributed by atoms with Crippen molar-refractivity contribution >= 4 is 22.7 Å². The molecule has 2 N–H and O–H groups in total. The van der Waals surface area contributed by atoms with Crippen LogP contribution in [-0.4, -0.2) is 20.2 Å².